The standard InChI is InChI=1S/C14H20O2.C7H8O/c15-13-8-1-2-9-14(11-13)16-10-4-7-12-5-3-6-12;1-6-4-2-3-5-7(6)8/h1-2,8-9,11-13,15H,3-7,10H2;2-5,8H,1H3. The fourth-order valence-electron chi connectivity index (χ4n) is 2.61. The molecule has 3 heteroatoms. The van der Waals surface area contributed by atoms with Crippen LogP contribution in [0, 0.1) is 12.8 Å². The van der Waals surface area contributed by atoms with E-state index in [2.05, 4.69) is 0 Å². The molecule has 3 nitrogen and oxygen atoms in total. The van der Waals surface area contributed by atoms with Crippen molar-refractivity contribution in [2.75, 3.05) is 6.61 Å². The fourth-order valence-corrected chi connectivity index (χ4v) is 2.61. The quantitative estimate of drug-likeness (QED) is 0.773. The predicted molar refractivity (Wildman–Crippen MR) is 97.7 cm³/mol. The molecule has 1 fully saturated rings. The molecule has 0 aromatic heterocycles. The molecule has 0 bridgehead atoms. The second-order valence-corrected chi connectivity index (χ2v) is 6.38. The Morgan fingerprint density at radius 1 is 1.17 bits per heavy atom. The molecule has 0 amide bonds. The van der Waals surface area contributed by atoms with Gasteiger partial charge in [-0.1, -0.05) is 55.7 Å². The van der Waals surface area contributed by atoms with Crippen molar-refractivity contribution in [1.82, 2.24) is 0 Å². The van der Waals surface area contributed by atoms with Crippen molar-refractivity contribution in [2.45, 2.75) is 45.1 Å². The van der Waals surface area contributed by atoms with E-state index in [-0.39, 0.29) is 0 Å². The third-order valence-electron chi connectivity index (χ3n) is 4.38. The largest absolute Gasteiger partial charge is 0.508 e. The van der Waals surface area contributed by atoms with Gasteiger partial charge in [0, 0.05) is 0 Å². The number of hydrogen-bond donors (Lipinski definition) is 2. The molecular formula is C21H28O3. The van der Waals surface area contributed by atoms with Gasteiger partial charge in [-0.25, -0.2) is 0 Å². The van der Waals surface area contributed by atoms with Crippen LogP contribution in [-0.2, 0) is 4.74 Å². The Balaban J connectivity index is 0.000000219. The second kappa shape index (κ2) is 9.99. The maximum atomic E-state index is 9.47. The fraction of sp³-hybridized carbons (Fsp3) is 0.429. The van der Waals surface area contributed by atoms with Gasteiger partial charge in [0.2, 0.25) is 0 Å². The number of phenols is 1. The van der Waals surface area contributed by atoms with Gasteiger partial charge in [0.15, 0.2) is 0 Å². The molecule has 1 atom stereocenters. The summed E-state index contributed by atoms with van der Waals surface area (Å²) in [6.07, 6.45) is 15.2. The van der Waals surface area contributed by atoms with Crippen LogP contribution in [0.4, 0.5) is 0 Å². The number of para-hydroxylation sites is 1. The molecule has 0 spiro atoms. The van der Waals surface area contributed by atoms with Gasteiger partial charge in [0.1, 0.15) is 11.5 Å². The van der Waals surface area contributed by atoms with Crippen LogP contribution >= 0.6 is 0 Å². The molecule has 3 rings (SSSR count). The summed E-state index contributed by atoms with van der Waals surface area (Å²) >= 11 is 0. The molecular weight excluding hydrogens is 300 g/mol. The normalized spacial score (nSPS) is 19.6. The number of ether oxygens (including phenoxy) is 1. The van der Waals surface area contributed by atoms with Gasteiger partial charge in [0.05, 0.1) is 12.7 Å². The van der Waals surface area contributed by atoms with Crippen molar-refractivity contribution in [3.05, 3.63) is 66.0 Å². The molecule has 24 heavy (non-hydrogen) atoms. The minimum atomic E-state index is -0.517. The summed E-state index contributed by atoms with van der Waals surface area (Å²) < 4.78 is 5.63. The molecule has 0 heterocycles. The number of aliphatic hydroxyl groups is 1. The molecule has 1 saturated carbocycles. The molecule has 0 radical (unpaired) electrons. The maximum Gasteiger partial charge on any atom is 0.118 e. The SMILES string of the molecule is Cc1ccccc1O.OC1C=CC=CC(OCCCC2CCC2)=C1. The minimum Gasteiger partial charge on any atom is -0.508 e. The average Bonchev–Trinajstić information content (AvgIpc) is 2.73. The number of rotatable bonds is 5. The highest BCUT2D eigenvalue weighted by atomic mass is 16.5. The highest BCUT2D eigenvalue weighted by molar-refractivity contribution is 5.29. The van der Waals surface area contributed by atoms with Crippen LogP contribution in [0.1, 0.15) is 37.7 Å². The molecule has 1 unspecified atom stereocenters. The van der Waals surface area contributed by atoms with Gasteiger partial charge < -0.3 is 14.9 Å². The van der Waals surface area contributed by atoms with E-state index in [0.717, 1.165) is 30.3 Å². The molecule has 1 aromatic rings. The van der Waals surface area contributed by atoms with Gasteiger partial charge in [-0.15, -0.1) is 0 Å². The van der Waals surface area contributed by atoms with Crippen molar-refractivity contribution in [3.63, 3.8) is 0 Å². The van der Waals surface area contributed by atoms with Crippen LogP contribution < -0.4 is 0 Å². The van der Waals surface area contributed by atoms with Gasteiger partial charge in [-0.2, -0.15) is 0 Å². The molecule has 130 valence electrons. The lowest BCUT2D eigenvalue weighted by Crippen LogP contribution is -2.11. The lowest BCUT2D eigenvalue weighted by molar-refractivity contribution is 0.188. The number of aryl methyl sites for hydroxylation is 1. The van der Waals surface area contributed by atoms with Crippen molar-refractivity contribution in [2.24, 2.45) is 5.92 Å². The van der Waals surface area contributed by atoms with Gasteiger partial charge in [-0.3, -0.25) is 0 Å². The first-order chi connectivity index (χ1) is 11.6. The van der Waals surface area contributed by atoms with Gasteiger partial charge in [-0.05, 0) is 49.5 Å². The smallest absolute Gasteiger partial charge is 0.118 e. The Morgan fingerprint density at radius 3 is 2.58 bits per heavy atom. The Hall–Kier alpha value is -2.00. The number of benzene rings is 1. The van der Waals surface area contributed by atoms with E-state index in [4.69, 9.17) is 9.84 Å². The van der Waals surface area contributed by atoms with E-state index in [0.29, 0.717) is 5.75 Å². The highest BCUT2D eigenvalue weighted by Crippen LogP contribution is 2.30. The van der Waals surface area contributed by atoms with Gasteiger partial charge >= 0.3 is 0 Å². The summed E-state index contributed by atoms with van der Waals surface area (Å²) in [5.41, 5.74) is 0.924. The zero-order valence-electron chi connectivity index (χ0n) is 14.4. The summed E-state index contributed by atoms with van der Waals surface area (Å²) in [6.45, 7) is 2.63. The minimum absolute atomic E-state index is 0.368. The zero-order valence-corrected chi connectivity index (χ0v) is 14.4. The molecule has 2 aliphatic rings. The van der Waals surface area contributed by atoms with E-state index < -0.39 is 6.10 Å². The average molecular weight is 328 g/mol. The predicted octanol–water partition coefficient (Wildman–Crippen LogP) is 4.65. The Kier molecular flexibility index (Phi) is 7.63. The zero-order chi connectivity index (χ0) is 17.2. The van der Waals surface area contributed by atoms with Crippen molar-refractivity contribution < 1.29 is 14.9 Å². The number of hydrogen-bond acceptors (Lipinski definition) is 3. The molecule has 2 N–H and O–H groups in total. The van der Waals surface area contributed by atoms with Crippen molar-refractivity contribution in [3.8, 4) is 5.75 Å². The lowest BCUT2D eigenvalue weighted by atomic mass is 9.82. The van der Waals surface area contributed by atoms with Crippen LogP contribution in [0.3, 0.4) is 0 Å². The van der Waals surface area contributed by atoms with Crippen LogP contribution in [0.2, 0.25) is 0 Å². The van der Waals surface area contributed by atoms with E-state index in [1.165, 1.54) is 25.7 Å². The van der Waals surface area contributed by atoms with E-state index in [9.17, 15) is 5.11 Å². The molecule has 0 aliphatic heterocycles. The summed E-state index contributed by atoms with van der Waals surface area (Å²) in [7, 11) is 0. The topological polar surface area (TPSA) is 49.7 Å². The van der Waals surface area contributed by atoms with Crippen molar-refractivity contribution >= 4 is 0 Å². The first-order valence-corrected chi connectivity index (χ1v) is 8.77. The van der Waals surface area contributed by atoms with E-state index in [1.807, 2.05) is 43.4 Å². The Bertz CT molecular complexity index is 562. The maximum absolute atomic E-state index is 9.47. The third kappa shape index (κ3) is 6.63. The summed E-state index contributed by atoms with van der Waals surface area (Å²) in [6, 6.07) is 7.25. The summed E-state index contributed by atoms with van der Waals surface area (Å²) in [5.74, 6) is 2.10. The van der Waals surface area contributed by atoms with E-state index in [1.54, 1.807) is 18.2 Å². The second-order valence-electron chi connectivity index (χ2n) is 6.38. The van der Waals surface area contributed by atoms with Crippen LogP contribution in [0.25, 0.3) is 0 Å². The molecule has 0 saturated heterocycles. The molecule has 1 aromatic carbocycles. The van der Waals surface area contributed by atoms with E-state index >= 15 is 0 Å². The Morgan fingerprint density at radius 2 is 1.96 bits per heavy atom. The number of aromatic hydroxyl groups is 1. The van der Waals surface area contributed by atoms with Crippen LogP contribution in [0.15, 0.2) is 60.4 Å². The van der Waals surface area contributed by atoms with Crippen LogP contribution in [0.5, 0.6) is 5.75 Å². The Labute approximate surface area is 145 Å². The third-order valence-corrected chi connectivity index (χ3v) is 4.38. The van der Waals surface area contributed by atoms with Crippen LogP contribution in [-0.4, -0.2) is 22.9 Å². The number of allylic oxidation sites excluding steroid dienone is 3. The highest BCUT2D eigenvalue weighted by Gasteiger charge is 2.16. The number of phenolic OH excluding ortho intramolecular Hbond substituents is 1. The first kappa shape index (κ1) is 18.3. The lowest BCUT2D eigenvalue weighted by Gasteiger charge is -2.25. The number of aliphatic hydroxyl groups excluding tert-OH is 1. The summed E-state index contributed by atoms with van der Waals surface area (Å²) in [4.78, 5) is 0. The first-order valence-electron chi connectivity index (χ1n) is 8.77. The summed E-state index contributed by atoms with van der Waals surface area (Å²) in [5, 5.41) is 18.4. The molecule has 2 aliphatic carbocycles. The van der Waals surface area contributed by atoms with Crippen molar-refractivity contribution in [1.29, 1.82) is 0 Å². The monoisotopic (exact) mass is 328 g/mol. The van der Waals surface area contributed by atoms with Gasteiger partial charge in [0.25, 0.3) is 0 Å².